The Labute approximate surface area is 187 Å². The van der Waals surface area contributed by atoms with Gasteiger partial charge in [0.1, 0.15) is 11.4 Å². The van der Waals surface area contributed by atoms with E-state index in [0.717, 1.165) is 51.9 Å². The average Bonchev–Trinajstić information content (AvgIpc) is 2.85. The van der Waals surface area contributed by atoms with Gasteiger partial charge >= 0.3 is 6.16 Å². The molecule has 2 fully saturated rings. The summed E-state index contributed by atoms with van der Waals surface area (Å²) in [5.74, 6) is 0.605. The van der Waals surface area contributed by atoms with Gasteiger partial charge in [0.05, 0.1) is 0 Å². The molecule has 0 saturated carbocycles. The van der Waals surface area contributed by atoms with Gasteiger partial charge in [0.25, 0.3) is 0 Å². The summed E-state index contributed by atoms with van der Waals surface area (Å²) in [6.07, 6.45) is 5.66. The second kappa shape index (κ2) is 14.0. The molecule has 32 heavy (non-hydrogen) atoms. The third-order valence-corrected chi connectivity index (χ3v) is 5.17. The minimum Gasteiger partial charge on any atom is -0.450 e. The van der Waals surface area contributed by atoms with E-state index in [9.17, 15) is 9.59 Å². The Bertz CT molecular complexity index is 766. The largest absolute Gasteiger partial charge is 0.503 e. The number of Topliss-reactive ketones (excluding diaryl/α,β-unsaturated/α-hetero) is 2. The van der Waals surface area contributed by atoms with Crippen molar-refractivity contribution in [3.63, 3.8) is 0 Å². The first-order chi connectivity index (χ1) is 15.5. The molecule has 9 heteroatoms. The highest BCUT2D eigenvalue weighted by Gasteiger charge is 2.23. The molecule has 172 valence electrons. The van der Waals surface area contributed by atoms with E-state index in [1.807, 2.05) is 24.3 Å². The second-order valence-corrected chi connectivity index (χ2v) is 7.53. The van der Waals surface area contributed by atoms with Crippen LogP contribution in [0.3, 0.4) is 0 Å². The van der Waals surface area contributed by atoms with Crippen molar-refractivity contribution in [3.05, 3.63) is 60.2 Å². The van der Waals surface area contributed by atoms with Gasteiger partial charge in [0.2, 0.25) is 0 Å². The van der Waals surface area contributed by atoms with Gasteiger partial charge in [-0.05, 0) is 63.0 Å². The first kappa shape index (κ1) is 25.1. The van der Waals surface area contributed by atoms with E-state index in [0.29, 0.717) is 11.4 Å². The van der Waals surface area contributed by atoms with E-state index in [4.69, 9.17) is 15.0 Å². The third-order valence-electron chi connectivity index (χ3n) is 5.17. The lowest BCUT2D eigenvalue weighted by molar-refractivity contribution is 0.0887. The van der Waals surface area contributed by atoms with E-state index in [1.165, 1.54) is 0 Å². The summed E-state index contributed by atoms with van der Waals surface area (Å²) in [5.41, 5.74) is 1.20. The van der Waals surface area contributed by atoms with Crippen LogP contribution >= 0.6 is 0 Å². The van der Waals surface area contributed by atoms with Gasteiger partial charge in [-0.1, -0.05) is 12.1 Å². The Morgan fingerprint density at radius 3 is 1.44 bits per heavy atom. The maximum absolute atomic E-state index is 11.9. The molecule has 2 aliphatic rings. The fourth-order valence-corrected chi connectivity index (χ4v) is 3.59. The molecule has 2 saturated heterocycles. The number of hydrogen-bond donors (Lipinski definition) is 4. The molecular formula is C23H30N4O5. The van der Waals surface area contributed by atoms with Crippen LogP contribution in [0.1, 0.15) is 46.7 Å². The number of nitrogens with one attached hydrogen (secondary N) is 2. The van der Waals surface area contributed by atoms with Crippen LogP contribution in [0.4, 0.5) is 4.79 Å². The Hall–Kier alpha value is -3.17. The Kier molecular flexibility index (Phi) is 11.0. The number of pyridine rings is 2. The molecule has 2 aromatic heterocycles. The van der Waals surface area contributed by atoms with Gasteiger partial charge in [-0.3, -0.25) is 19.6 Å². The molecule has 0 aromatic carbocycles. The Morgan fingerprint density at radius 1 is 0.750 bits per heavy atom. The topological polar surface area (TPSA) is 142 Å². The highest BCUT2D eigenvalue weighted by atomic mass is 16.6. The van der Waals surface area contributed by atoms with Crippen LogP contribution in [0.2, 0.25) is 0 Å². The summed E-state index contributed by atoms with van der Waals surface area (Å²) in [6, 6.07) is 11.0. The number of aromatic nitrogens is 2. The minimum absolute atomic E-state index is 0.124. The van der Waals surface area contributed by atoms with Gasteiger partial charge in [-0.2, -0.15) is 0 Å². The zero-order valence-electron chi connectivity index (χ0n) is 17.9. The molecule has 2 unspecified atom stereocenters. The summed E-state index contributed by atoms with van der Waals surface area (Å²) < 4.78 is 0. The molecule has 4 heterocycles. The maximum Gasteiger partial charge on any atom is 0.503 e. The summed E-state index contributed by atoms with van der Waals surface area (Å²) in [5, 5.41) is 20.4. The van der Waals surface area contributed by atoms with Crippen LogP contribution in [-0.4, -0.2) is 64.1 Å². The molecule has 9 nitrogen and oxygen atoms in total. The highest BCUT2D eigenvalue weighted by molar-refractivity contribution is 5.96. The number of ketones is 2. The van der Waals surface area contributed by atoms with E-state index >= 15 is 0 Å². The first-order valence-corrected chi connectivity index (χ1v) is 10.7. The van der Waals surface area contributed by atoms with E-state index in [1.54, 1.807) is 24.5 Å². The first-order valence-electron chi connectivity index (χ1n) is 10.7. The van der Waals surface area contributed by atoms with E-state index in [2.05, 4.69) is 20.6 Å². The van der Waals surface area contributed by atoms with Crippen molar-refractivity contribution in [2.24, 2.45) is 11.8 Å². The molecule has 2 aromatic rings. The van der Waals surface area contributed by atoms with E-state index in [-0.39, 0.29) is 23.4 Å². The molecule has 4 rings (SSSR count). The summed E-state index contributed by atoms with van der Waals surface area (Å²) in [4.78, 5) is 40.5. The molecule has 2 atom stereocenters. The van der Waals surface area contributed by atoms with Crippen molar-refractivity contribution < 1.29 is 24.6 Å². The molecule has 4 N–H and O–H groups in total. The third kappa shape index (κ3) is 8.91. The molecule has 0 amide bonds. The van der Waals surface area contributed by atoms with Crippen LogP contribution in [-0.2, 0) is 0 Å². The maximum atomic E-state index is 11.9. The number of hydrogen-bond acceptors (Lipinski definition) is 7. The molecule has 0 bridgehead atoms. The molecule has 0 radical (unpaired) electrons. The van der Waals surface area contributed by atoms with Crippen molar-refractivity contribution in [2.75, 3.05) is 26.2 Å². The fourth-order valence-electron chi connectivity index (χ4n) is 3.59. The second-order valence-electron chi connectivity index (χ2n) is 7.53. The molecule has 0 spiro atoms. The van der Waals surface area contributed by atoms with Crippen LogP contribution in [0.25, 0.3) is 0 Å². The Morgan fingerprint density at radius 2 is 1.16 bits per heavy atom. The summed E-state index contributed by atoms with van der Waals surface area (Å²) in [6.45, 7) is 3.67. The number of rotatable bonds is 4. The van der Waals surface area contributed by atoms with Crippen molar-refractivity contribution >= 4 is 17.7 Å². The number of nitrogens with zero attached hydrogens (tertiary/aromatic N) is 2. The molecular weight excluding hydrogens is 412 g/mol. The lowest BCUT2D eigenvalue weighted by Gasteiger charge is -2.20. The standard InChI is InChI=1S/2C11H14N2O.CH2O3/c2*14-11(9-4-3-6-12-8-9)10-5-1-2-7-13-10;2-1(3)4/h2*1-2,5,7,9,12H,3-4,6,8H2;(H2,2,3,4). The lowest BCUT2D eigenvalue weighted by atomic mass is 9.93. The van der Waals surface area contributed by atoms with Crippen LogP contribution in [0, 0.1) is 11.8 Å². The summed E-state index contributed by atoms with van der Waals surface area (Å²) >= 11 is 0. The van der Waals surface area contributed by atoms with E-state index < -0.39 is 6.16 Å². The van der Waals surface area contributed by atoms with Gasteiger partial charge in [-0.25, -0.2) is 4.79 Å². The van der Waals surface area contributed by atoms with Crippen LogP contribution in [0.5, 0.6) is 0 Å². The predicted octanol–water partition coefficient (Wildman–Crippen LogP) is 2.75. The van der Waals surface area contributed by atoms with Crippen molar-refractivity contribution in [1.29, 1.82) is 0 Å². The molecule has 0 aliphatic carbocycles. The minimum atomic E-state index is -1.83. The van der Waals surface area contributed by atoms with Gasteiger partial charge in [-0.15, -0.1) is 0 Å². The van der Waals surface area contributed by atoms with Crippen molar-refractivity contribution in [2.45, 2.75) is 25.7 Å². The SMILES string of the molecule is O=C(O)O.O=C(c1ccccn1)C1CCCNC1.O=C(c1ccccn1)C1CCCNC1. The number of carbonyl (C=O) groups excluding carboxylic acids is 2. The quantitative estimate of drug-likeness (QED) is 0.526. The normalized spacial score (nSPS) is 19.9. The highest BCUT2D eigenvalue weighted by Crippen LogP contribution is 2.15. The van der Waals surface area contributed by atoms with Crippen molar-refractivity contribution in [3.8, 4) is 0 Å². The summed E-state index contributed by atoms with van der Waals surface area (Å²) in [7, 11) is 0. The molecule has 2 aliphatic heterocycles. The zero-order valence-corrected chi connectivity index (χ0v) is 17.9. The van der Waals surface area contributed by atoms with Gasteiger partial charge in [0.15, 0.2) is 11.6 Å². The number of carbonyl (C=O) groups is 3. The predicted molar refractivity (Wildman–Crippen MR) is 119 cm³/mol. The monoisotopic (exact) mass is 442 g/mol. The fraction of sp³-hybridized carbons (Fsp3) is 0.435. The van der Waals surface area contributed by atoms with Gasteiger partial charge in [0, 0.05) is 37.3 Å². The number of piperidine rings is 2. The number of carboxylic acid groups (broad SMARTS) is 2. The Balaban J connectivity index is 0.000000195. The average molecular weight is 443 g/mol. The van der Waals surface area contributed by atoms with Crippen LogP contribution in [0.15, 0.2) is 48.8 Å². The smallest absolute Gasteiger partial charge is 0.450 e. The van der Waals surface area contributed by atoms with Crippen molar-refractivity contribution in [1.82, 2.24) is 20.6 Å². The lowest BCUT2D eigenvalue weighted by Crippen LogP contribution is -2.34. The van der Waals surface area contributed by atoms with Gasteiger partial charge < -0.3 is 20.8 Å². The zero-order chi connectivity index (χ0) is 23.2. The van der Waals surface area contributed by atoms with Crippen LogP contribution < -0.4 is 10.6 Å².